The third kappa shape index (κ3) is 5.90. The van der Waals surface area contributed by atoms with Crippen LogP contribution in [0, 0.1) is 5.77 Å². The zero-order chi connectivity index (χ0) is 14.3. The molecular formula is C12H19I2O3PS. The van der Waals surface area contributed by atoms with Gasteiger partial charge in [0.25, 0.3) is 0 Å². The number of thiophene rings is 1. The van der Waals surface area contributed by atoms with Gasteiger partial charge < -0.3 is 9.05 Å². The second-order valence-corrected chi connectivity index (χ2v) is 10.8. The second-order valence-electron chi connectivity index (χ2n) is 4.08. The number of hydrogen-bond acceptors (Lipinski definition) is 4. The van der Waals surface area contributed by atoms with Crippen molar-refractivity contribution in [1.29, 1.82) is 0 Å². The molecule has 0 unspecified atom stereocenters. The van der Waals surface area contributed by atoms with Crippen molar-refractivity contribution in [2.75, 3.05) is 13.2 Å². The summed E-state index contributed by atoms with van der Waals surface area (Å²) in [6.45, 7) is 5.15. The molecule has 0 saturated heterocycles. The third-order valence-corrected chi connectivity index (χ3v) is 7.94. The fraction of sp³-hybridized carbons (Fsp3) is 0.667. The minimum Gasteiger partial charge on any atom is -0.305 e. The van der Waals surface area contributed by atoms with Crippen LogP contribution in [0.2, 0.25) is 0 Å². The summed E-state index contributed by atoms with van der Waals surface area (Å²) in [5.41, 5.74) is 0. The highest BCUT2D eigenvalue weighted by molar-refractivity contribution is 14.1. The first-order chi connectivity index (χ1) is 9.03. The molecule has 0 aliphatic rings. The van der Waals surface area contributed by atoms with Crippen molar-refractivity contribution in [3.8, 4) is 0 Å². The van der Waals surface area contributed by atoms with Crippen LogP contribution in [0.3, 0.4) is 0 Å². The molecule has 7 heteroatoms. The van der Waals surface area contributed by atoms with Crippen LogP contribution in [-0.4, -0.2) is 13.2 Å². The molecule has 0 atom stereocenters. The molecular weight excluding hydrogens is 509 g/mol. The summed E-state index contributed by atoms with van der Waals surface area (Å²) in [6, 6.07) is 1.92. The molecule has 1 rings (SSSR count). The Bertz CT molecular complexity index is 423. The van der Waals surface area contributed by atoms with E-state index in [0.29, 0.717) is 13.2 Å². The van der Waals surface area contributed by atoms with E-state index in [-0.39, 0.29) is 0 Å². The fourth-order valence-electron chi connectivity index (χ4n) is 1.35. The standard InChI is InChI=1S/C12H19I2O3PS/c1-3-5-7-16-18(15,17-8-6-4-2)10-9-11(13)19-12(10)14/h9H,3-8H2,1-2H3. The number of hydrogen-bond donors (Lipinski definition) is 0. The molecule has 1 heterocycles. The van der Waals surface area contributed by atoms with Crippen molar-refractivity contribution in [2.45, 2.75) is 39.5 Å². The Kier molecular flexibility index (Phi) is 9.04. The predicted molar refractivity (Wildman–Crippen MR) is 98.7 cm³/mol. The van der Waals surface area contributed by atoms with E-state index in [1.807, 2.05) is 6.07 Å². The summed E-state index contributed by atoms with van der Waals surface area (Å²) in [4.78, 5) is 0. The molecule has 19 heavy (non-hydrogen) atoms. The summed E-state index contributed by atoms with van der Waals surface area (Å²) >= 11 is 6.06. The third-order valence-electron chi connectivity index (χ3n) is 2.45. The average Bonchev–Trinajstić information content (AvgIpc) is 2.70. The summed E-state index contributed by atoms with van der Waals surface area (Å²) < 4.78 is 26.3. The minimum atomic E-state index is -3.15. The highest BCUT2D eigenvalue weighted by Gasteiger charge is 2.31. The fourth-order valence-corrected chi connectivity index (χ4v) is 8.25. The molecule has 0 amide bonds. The van der Waals surface area contributed by atoms with Crippen LogP contribution in [0.25, 0.3) is 0 Å². The monoisotopic (exact) mass is 528 g/mol. The molecule has 1 aromatic heterocycles. The molecule has 0 N–H and O–H groups in total. The van der Waals surface area contributed by atoms with Crippen molar-refractivity contribution >= 4 is 69.4 Å². The zero-order valence-corrected chi connectivity index (χ0v) is 17.2. The van der Waals surface area contributed by atoms with Gasteiger partial charge in [-0.3, -0.25) is 4.57 Å². The van der Waals surface area contributed by atoms with Gasteiger partial charge in [-0.2, -0.15) is 0 Å². The topological polar surface area (TPSA) is 35.5 Å². The van der Waals surface area contributed by atoms with Gasteiger partial charge in [-0.05, 0) is 64.1 Å². The molecule has 110 valence electrons. The molecule has 0 saturated carbocycles. The van der Waals surface area contributed by atoms with Crippen LogP contribution < -0.4 is 5.30 Å². The second kappa shape index (κ2) is 9.35. The molecule has 0 aliphatic carbocycles. The van der Waals surface area contributed by atoms with E-state index in [0.717, 1.165) is 36.8 Å². The Labute approximate surface area is 146 Å². The molecule has 0 spiro atoms. The zero-order valence-electron chi connectivity index (χ0n) is 11.2. The van der Waals surface area contributed by atoms with E-state index in [9.17, 15) is 4.57 Å². The lowest BCUT2D eigenvalue weighted by Crippen LogP contribution is -2.12. The van der Waals surface area contributed by atoms with Crippen LogP contribution in [0.1, 0.15) is 39.5 Å². The highest BCUT2D eigenvalue weighted by Crippen LogP contribution is 2.49. The van der Waals surface area contributed by atoms with Gasteiger partial charge in [0.2, 0.25) is 0 Å². The summed E-state index contributed by atoms with van der Waals surface area (Å²) in [5.74, 6) is 0. The van der Waals surface area contributed by atoms with Gasteiger partial charge in [0.1, 0.15) is 0 Å². The molecule has 0 fully saturated rings. The number of unbranched alkanes of at least 4 members (excludes halogenated alkanes) is 2. The first-order valence-corrected chi connectivity index (χ1v) is 10.9. The Morgan fingerprint density at radius 1 is 1.16 bits per heavy atom. The van der Waals surface area contributed by atoms with Gasteiger partial charge in [0, 0.05) is 0 Å². The lowest BCUT2D eigenvalue weighted by molar-refractivity contribution is 0.208. The van der Waals surface area contributed by atoms with Gasteiger partial charge in [-0.25, -0.2) is 0 Å². The van der Waals surface area contributed by atoms with Crippen molar-refractivity contribution in [2.24, 2.45) is 0 Å². The largest absolute Gasteiger partial charge is 0.363 e. The van der Waals surface area contributed by atoms with Gasteiger partial charge in [0.05, 0.1) is 24.3 Å². The maximum Gasteiger partial charge on any atom is 0.363 e. The van der Waals surface area contributed by atoms with Crippen LogP contribution in [0.4, 0.5) is 0 Å². The van der Waals surface area contributed by atoms with Gasteiger partial charge >= 0.3 is 7.60 Å². The lowest BCUT2D eigenvalue weighted by atomic mass is 10.4. The van der Waals surface area contributed by atoms with E-state index in [4.69, 9.17) is 9.05 Å². The Morgan fingerprint density at radius 3 is 2.05 bits per heavy atom. The number of halogens is 2. The molecule has 3 nitrogen and oxygen atoms in total. The maximum absolute atomic E-state index is 13.0. The summed E-state index contributed by atoms with van der Waals surface area (Å²) in [7, 11) is -3.15. The van der Waals surface area contributed by atoms with E-state index in [1.165, 1.54) is 0 Å². The van der Waals surface area contributed by atoms with Crippen LogP contribution >= 0.6 is 64.1 Å². The summed E-state index contributed by atoms with van der Waals surface area (Å²) in [6.07, 6.45) is 3.85. The minimum absolute atomic E-state index is 0.489. The van der Waals surface area contributed by atoms with Crippen molar-refractivity contribution in [1.82, 2.24) is 0 Å². The molecule has 0 bridgehead atoms. The van der Waals surface area contributed by atoms with Gasteiger partial charge in [-0.1, -0.05) is 26.7 Å². The van der Waals surface area contributed by atoms with E-state index in [2.05, 4.69) is 59.0 Å². The SMILES string of the molecule is CCCCOP(=O)(OCCCC)c1cc(I)sc1I. The Hall–Kier alpha value is 1.31. The summed E-state index contributed by atoms with van der Waals surface area (Å²) in [5, 5.41) is 0.731. The van der Waals surface area contributed by atoms with E-state index < -0.39 is 7.60 Å². The van der Waals surface area contributed by atoms with Crippen molar-refractivity contribution in [3.05, 3.63) is 11.8 Å². The molecule has 1 aromatic rings. The Balaban J connectivity index is 2.84. The smallest absolute Gasteiger partial charge is 0.305 e. The Morgan fingerprint density at radius 2 is 1.68 bits per heavy atom. The molecule has 0 aromatic carbocycles. The van der Waals surface area contributed by atoms with E-state index >= 15 is 0 Å². The predicted octanol–water partition coefficient (Wildman–Crippen LogP) is 5.41. The van der Waals surface area contributed by atoms with E-state index in [1.54, 1.807) is 11.3 Å². The van der Waals surface area contributed by atoms with Crippen LogP contribution in [0.5, 0.6) is 0 Å². The highest BCUT2D eigenvalue weighted by atomic mass is 127. The first kappa shape index (κ1) is 18.4. The van der Waals surface area contributed by atoms with Gasteiger partial charge in [-0.15, -0.1) is 11.3 Å². The lowest BCUT2D eigenvalue weighted by Gasteiger charge is -2.18. The molecule has 0 radical (unpaired) electrons. The molecule has 0 aliphatic heterocycles. The normalized spacial score (nSPS) is 12.0. The average molecular weight is 528 g/mol. The van der Waals surface area contributed by atoms with Crippen molar-refractivity contribution in [3.63, 3.8) is 0 Å². The van der Waals surface area contributed by atoms with Gasteiger partial charge in [0.15, 0.2) is 0 Å². The van der Waals surface area contributed by atoms with Crippen LogP contribution in [0.15, 0.2) is 6.07 Å². The van der Waals surface area contributed by atoms with Crippen molar-refractivity contribution < 1.29 is 13.6 Å². The first-order valence-electron chi connectivity index (χ1n) is 6.38. The number of rotatable bonds is 9. The quantitative estimate of drug-likeness (QED) is 0.245. The maximum atomic E-state index is 13.0. The van der Waals surface area contributed by atoms with Crippen LogP contribution in [-0.2, 0) is 13.6 Å².